The number of aromatic nitrogens is 1. The number of carbonyl (C=O) groups excluding carboxylic acids is 2. The Bertz CT molecular complexity index is 969. The topological polar surface area (TPSA) is 195 Å². The van der Waals surface area contributed by atoms with E-state index in [0.717, 1.165) is 12.1 Å². The van der Waals surface area contributed by atoms with Crippen molar-refractivity contribution in [3.63, 3.8) is 0 Å². The molecule has 35 heavy (non-hydrogen) atoms. The number of phosphoric ester groups is 1. The summed E-state index contributed by atoms with van der Waals surface area (Å²) in [4.78, 5) is 45.7. The van der Waals surface area contributed by atoms with E-state index in [9.17, 15) is 24.4 Å². The molecule has 1 aromatic heterocycles. The van der Waals surface area contributed by atoms with E-state index in [-0.39, 0.29) is 57.7 Å². The summed E-state index contributed by atoms with van der Waals surface area (Å²) < 4.78 is 31.4. The number of nitrogens with one attached hydrogen (secondary N) is 1. The number of phosphoric acid groups is 1. The van der Waals surface area contributed by atoms with Crippen molar-refractivity contribution in [3.8, 4) is 17.5 Å². The van der Waals surface area contributed by atoms with Gasteiger partial charge >= 0.3 is 13.8 Å². The zero-order valence-electron chi connectivity index (χ0n) is 18.6. The Balaban J connectivity index is 1.43. The van der Waals surface area contributed by atoms with Gasteiger partial charge in [0.2, 0.25) is 17.7 Å². The lowest BCUT2D eigenvalue weighted by Gasteiger charge is -2.09. The van der Waals surface area contributed by atoms with Gasteiger partial charge in [0, 0.05) is 18.7 Å². The lowest BCUT2D eigenvalue weighted by Crippen LogP contribution is -2.29. The number of nitrogens with zero attached hydrogens (tertiary/aromatic N) is 1. The summed E-state index contributed by atoms with van der Waals surface area (Å²) in [6.07, 6.45) is 0.0839. The highest BCUT2D eigenvalue weighted by molar-refractivity contribution is 7.46. The minimum atomic E-state index is -4.62. The second-order valence-corrected chi connectivity index (χ2v) is 8.00. The van der Waals surface area contributed by atoms with Gasteiger partial charge in [0.15, 0.2) is 0 Å². The first kappa shape index (κ1) is 28.1. The molecule has 0 spiro atoms. The summed E-state index contributed by atoms with van der Waals surface area (Å²) >= 11 is 0. The molecule has 0 radical (unpaired) electrons. The van der Waals surface area contributed by atoms with E-state index in [2.05, 4.69) is 9.84 Å². The molecule has 0 bridgehead atoms. The molecule has 0 atom stereocenters. The lowest BCUT2D eigenvalue weighted by molar-refractivity contribution is -0.151. The van der Waals surface area contributed by atoms with Crippen molar-refractivity contribution in [2.75, 3.05) is 46.2 Å². The maximum absolute atomic E-state index is 11.9. The molecule has 5 N–H and O–H groups in total. The van der Waals surface area contributed by atoms with E-state index in [4.69, 9.17) is 28.8 Å². The van der Waals surface area contributed by atoms with Crippen molar-refractivity contribution in [2.24, 2.45) is 0 Å². The van der Waals surface area contributed by atoms with Gasteiger partial charge in [-0.15, -0.1) is 4.73 Å². The molecule has 1 amide bonds. The van der Waals surface area contributed by atoms with Crippen LogP contribution in [0.15, 0.2) is 36.4 Å². The average molecular weight is 518 g/mol. The molecule has 0 aliphatic rings. The van der Waals surface area contributed by atoms with Crippen molar-refractivity contribution in [1.29, 1.82) is 0 Å². The molecule has 0 fully saturated rings. The Hall–Kier alpha value is -3.13. The highest BCUT2D eigenvalue weighted by Gasteiger charge is 2.15. The standard InChI is InChI=1S/C20H27N2O12P/c23-17(13-15-1-3-16(4-2-15)34-35(27,28)29)21-7-8-30-9-10-31-11-12-32-14-20(26)33-22-18(24)5-6-19(22)25/h1-6,24-25H,7-14H2,(H,21,23)(H2,27,28,29). The molecule has 2 aromatic rings. The van der Waals surface area contributed by atoms with Crippen molar-refractivity contribution in [3.05, 3.63) is 42.0 Å². The third-order valence-electron chi connectivity index (χ3n) is 4.04. The first-order valence-electron chi connectivity index (χ1n) is 10.3. The number of carbonyl (C=O) groups is 2. The van der Waals surface area contributed by atoms with E-state index < -0.39 is 32.2 Å². The molecular formula is C20H27N2O12P. The number of benzene rings is 1. The van der Waals surface area contributed by atoms with E-state index in [1.807, 2.05) is 0 Å². The van der Waals surface area contributed by atoms with Crippen LogP contribution in [-0.4, -0.2) is 82.8 Å². The fraction of sp³-hybridized carbons (Fsp3) is 0.400. The number of hydrogen-bond acceptors (Lipinski definition) is 10. The molecule has 194 valence electrons. The number of hydrogen-bond donors (Lipinski definition) is 5. The summed E-state index contributed by atoms with van der Waals surface area (Å²) in [6.45, 7) is 1.02. The second-order valence-electron chi connectivity index (χ2n) is 6.84. The van der Waals surface area contributed by atoms with Crippen LogP contribution in [0.5, 0.6) is 17.5 Å². The highest BCUT2D eigenvalue weighted by atomic mass is 31.2. The SMILES string of the molecule is O=C(Cc1ccc(OP(=O)(O)O)cc1)NCCOCCOCCOCC(=O)On1c(O)ccc1O. The number of amides is 1. The van der Waals surface area contributed by atoms with Crippen molar-refractivity contribution >= 4 is 19.7 Å². The van der Waals surface area contributed by atoms with Gasteiger partial charge in [0.05, 0.1) is 39.5 Å². The summed E-state index contributed by atoms with van der Waals surface area (Å²) in [5, 5.41) is 21.4. The molecule has 0 saturated carbocycles. The Morgan fingerprint density at radius 3 is 2.03 bits per heavy atom. The van der Waals surface area contributed by atoms with Crippen LogP contribution in [0, 0.1) is 0 Å². The van der Waals surface area contributed by atoms with Crippen LogP contribution in [0.4, 0.5) is 0 Å². The van der Waals surface area contributed by atoms with Crippen LogP contribution in [-0.2, 0) is 34.8 Å². The van der Waals surface area contributed by atoms with Gasteiger partial charge in [-0.1, -0.05) is 12.1 Å². The second kappa shape index (κ2) is 14.3. The third-order valence-corrected chi connectivity index (χ3v) is 4.48. The fourth-order valence-corrected chi connectivity index (χ4v) is 2.93. The zero-order valence-corrected chi connectivity index (χ0v) is 19.5. The molecule has 1 aromatic carbocycles. The molecule has 0 saturated heterocycles. The largest absolute Gasteiger partial charge is 0.524 e. The van der Waals surface area contributed by atoms with Crippen LogP contribution >= 0.6 is 7.82 Å². The molecule has 0 aliphatic heterocycles. The van der Waals surface area contributed by atoms with Crippen LogP contribution in [0.1, 0.15) is 5.56 Å². The number of aromatic hydroxyl groups is 2. The van der Waals surface area contributed by atoms with Gasteiger partial charge in [-0.3, -0.25) is 14.6 Å². The monoisotopic (exact) mass is 518 g/mol. The summed E-state index contributed by atoms with van der Waals surface area (Å²) in [6, 6.07) is 8.10. The Morgan fingerprint density at radius 2 is 1.43 bits per heavy atom. The van der Waals surface area contributed by atoms with E-state index in [1.165, 1.54) is 24.3 Å². The van der Waals surface area contributed by atoms with Gasteiger partial charge in [-0.25, -0.2) is 9.36 Å². The van der Waals surface area contributed by atoms with Crippen molar-refractivity contribution in [1.82, 2.24) is 10.0 Å². The number of ether oxygens (including phenoxy) is 3. The average Bonchev–Trinajstić information content (AvgIpc) is 3.10. The van der Waals surface area contributed by atoms with Gasteiger partial charge in [-0.2, -0.15) is 0 Å². The van der Waals surface area contributed by atoms with Gasteiger partial charge in [0.1, 0.15) is 12.4 Å². The summed E-state index contributed by atoms with van der Waals surface area (Å²) in [5.41, 5.74) is 0.645. The predicted octanol–water partition coefficient (Wildman–Crippen LogP) is -0.265. The molecule has 0 unspecified atom stereocenters. The Labute approximate surface area is 200 Å². The molecule has 14 nitrogen and oxygen atoms in total. The first-order valence-corrected chi connectivity index (χ1v) is 11.8. The summed E-state index contributed by atoms with van der Waals surface area (Å²) in [5.74, 6) is -1.92. The van der Waals surface area contributed by atoms with Gasteiger partial charge < -0.3 is 39.1 Å². The Kier molecular flexibility index (Phi) is 11.5. The van der Waals surface area contributed by atoms with Crippen molar-refractivity contribution < 1.29 is 57.7 Å². The molecular weight excluding hydrogens is 491 g/mol. The minimum absolute atomic E-state index is 0.00214. The van der Waals surface area contributed by atoms with E-state index in [1.54, 1.807) is 0 Å². The van der Waals surface area contributed by atoms with Gasteiger partial charge in [-0.05, 0) is 17.7 Å². The molecule has 2 rings (SSSR count). The molecule has 1 heterocycles. The van der Waals surface area contributed by atoms with Crippen LogP contribution in [0.25, 0.3) is 0 Å². The minimum Gasteiger partial charge on any atom is -0.492 e. The smallest absolute Gasteiger partial charge is 0.492 e. The third kappa shape index (κ3) is 11.7. The molecule has 15 heteroatoms. The quantitative estimate of drug-likeness (QED) is 0.144. The van der Waals surface area contributed by atoms with Crippen LogP contribution in [0.2, 0.25) is 0 Å². The Morgan fingerprint density at radius 1 is 0.857 bits per heavy atom. The van der Waals surface area contributed by atoms with E-state index >= 15 is 0 Å². The lowest BCUT2D eigenvalue weighted by atomic mass is 10.1. The number of rotatable bonds is 16. The van der Waals surface area contributed by atoms with Gasteiger partial charge in [0.25, 0.3) is 0 Å². The maximum atomic E-state index is 11.9. The van der Waals surface area contributed by atoms with Crippen molar-refractivity contribution in [2.45, 2.75) is 6.42 Å². The predicted molar refractivity (Wildman–Crippen MR) is 118 cm³/mol. The fourth-order valence-electron chi connectivity index (χ4n) is 2.53. The molecule has 0 aliphatic carbocycles. The van der Waals surface area contributed by atoms with Crippen LogP contribution < -0.4 is 14.7 Å². The highest BCUT2D eigenvalue weighted by Crippen LogP contribution is 2.37. The first-order chi connectivity index (χ1) is 16.6. The van der Waals surface area contributed by atoms with Crippen LogP contribution in [0.3, 0.4) is 0 Å². The summed E-state index contributed by atoms with van der Waals surface area (Å²) in [7, 11) is -4.62. The normalized spacial score (nSPS) is 11.3. The zero-order chi connectivity index (χ0) is 25.7. The maximum Gasteiger partial charge on any atom is 0.524 e. The van der Waals surface area contributed by atoms with E-state index in [0.29, 0.717) is 10.3 Å².